The predicted octanol–water partition coefficient (Wildman–Crippen LogP) is 2.71. The first-order chi connectivity index (χ1) is 7.47. The van der Waals surface area contributed by atoms with E-state index in [4.69, 9.17) is 9.84 Å². The molecule has 1 fully saturated rings. The Morgan fingerprint density at radius 3 is 2.62 bits per heavy atom. The van der Waals surface area contributed by atoms with Crippen LogP contribution < -0.4 is 0 Å². The van der Waals surface area contributed by atoms with E-state index in [1.807, 2.05) is 6.08 Å². The summed E-state index contributed by atoms with van der Waals surface area (Å²) >= 11 is 0. The Balaban J connectivity index is 2.66. The molecule has 1 rings (SSSR count). The van der Waals surface area contributed by atoms with Crippen LogP contribution in [0.15, 0.2) is 12.7 Å². The molecule has 1 N–H and O–H groups in total. The van der Waals surface area contributed by atoms with Crippen LogP contribution in [0.4, 0.5) is 0 Å². The Hall–Kier alpha value is -0.830. The van der Waals surface area contributed by atoms with Gasteiger partial charge in [0.15, 0.2) is 0 Å². The van der Waals surface area contributed by atoms with Gasteiger partial charge >= 0.3 is 5.97 Å². The van der Waals surface area contributed by atoms with Gasteiger partial charge in [0.05, 0.1) is 18.1 Å². The van der Waals surface area contributed by atoms with Gasteiger partial charge in [-0.05, 0) is 25.7 Å². The summed E-state index contributed by atoms with van der Waals surface area (Å²) in [6.07, 6.45) is 3.72. The first-order valence-electron chi connectivity index (χ1n) is 5.98. The van der Waals surface area contributed by atoms with Crippen molar-refractivity contribution in [3.05, 3.63) is 12.7 Å². The molecular formula is C13H22O3. The molecule has 0 aromatic heterocycles. The number of carboxylic acids is 1. The van der Waals surface area contributed by atoms with Crippen molar-refractivity contribution in [2.45, 2.75) is 45.8 Å². The molecule has 92 valence electrons. The quantitative estimate of drug-likeness (QED) is 0.750. The largest absolute Gasteiger partial charge is 0.481 e. The van der Waals surface area contributed by atoms with Crippen LogP contribution in [0.2, 0.25) is 0 Å². The van der Waals surface area contributed by atoms with Gasteiger partial charge in [-0.15, -0.1) is 6.58 Å². The van der Waals surface area contributed by atoms with Crippen molar-refractivity contribution >= 4 is 5.97 Å². The third kappa shape index (κ3) is 2.85. The van der Waals surface area contributed by atoms with E-state index in [1.54, 1.807) is 6.92 Å². The van der Waals surface area contributed by atoms with Crippen molar-refractivity contribution < 1.29 is 14.6 Å². The smallest absolute Gasteiger partial charge is 0.308 e. The number of ether oxygens (including phenoxy) is 1. The van der Waals surface area contributed by atoms with Crippen LogP contribution in [0.1, 0.15) is 33.6 Å². The molecule has 0 bridgehead atoms. The molecule has 5 atom stereocenters. The van der Waals surface area contributed by atoms with E-state index in [9.17, 15) is 4.79 Å². The zero-order valence-corrected chi connectivity index (χ0v) is 10.3. The number of carboxylic acid groups (broad SMARTS) is 1. The summed E-state index contributed by atoms with van der Waals surface area (Å²) in [6.45, 7) is 9.73. The molecule has 0 aliphatic carbocycles. The first kappa shape index (κ1) is 13.2. The number of carbonyl (C=O) groups is 1. The number of hydrogen-bond donors (Lipinski definition) is 1. The van der Waals surface area contributed by atoms with Crippen LogP contribution in [-0.2, 0) is 9.53 Å². The summed E-state index contributed by atoms with van der Waals surface area (Å²) in [5, 5.41) is 8.98. The van der Waals surface area contributed by atoms with E-state index in [0.29, 0.717) is 5.92 Å². The van der Waals surface area contributed by atoms with Crippen LogP contribution in [0, 0.1) is 17.8 Å². The molecule has 0 aromatic carbocycles. The minimum atomic E-state index is -0.774. The third-order valence-electron chi connectivity index (χ3n) is 3.64. The Morgan fingerprint density at radius 1 is 1.50 bits per heavy atom. The lowest BCUT2D eigenvalue weighted by Gasteiger charge is -2.38. The monoisotopic (exact) mass is 226 g/mol. The fourth-order valence-electron chi connectivity index (χ4n) is 2.30. The zero-order chi connectivity index (χ0) is 12.3. The van der Waals surface area contributed by atoms with Gasteiger partial charge in [0.2, 0.25) is 0 Å². The van der Waals surface area contributed by atoms with Gasteiger partial charge in [-0.1, -0.05) is 19.9 Å². The number of rotatable bonds is 4. The summed E-state index contributed by atoms with van der Waals surface area (Å²) in [4.78, 5) is 10.9. The molecule has 1 aliphatic heterocycles. The fraction of sp³-hybridized carbons (Fsp3) is 0.769. The summed E-state index contributed by atoms with van der Waals surface area (Å²) < 4.78 is 5.92. The van der Waals surface area contributed by atoms with E-state index in [-0.39, 0.29) is 18.1 Å². The third-order valence-corrected chi connectivity index (χ3v) is 3.64. The van der Waals surface area contributed by atoms with Gasteiger partial charge in [-0.3, -0.25) is 4.79 Å². The normalized spacial score (nSPS) is 34.1. The van der Waals surface area contributed by atoms with E-state index in [1.165, 1.54) is 0 Å². The molecule has 0 spiro atoms. The van der Waals surface area contributed by atoms with E-state index < -0.39 is 11.9 Å². The van der Waals surface area contributed by atoms with Gasteiger partial charge in [0.1, 0.15) is 0 Å². The van der Waals surface area contributed by atoms with Gasteiger partial charge in [-0.2, -0.15) is 0 Å². The van der Waals surface area contributed by atoms with Crippen molar-refractivity contribution in [1.29, 1.82) is 0 Å². The zero-order valence-electron chi connectivity index (χ0n) is 10.3. The maximum atomic E-state index is 10.9. The Labute approximate surface area is 97.5 Å². The highest BCUT2D eigenvalue weighted by atomic mass is 16.5. The lowest BCUT2D eigenvalue weighted by atomic mass is 9.84. The second-order valence-electron chi connectivity index (χ2n) is 4.92. The average molecular weight is 226 g/mol. The summed E-state index contributed by atoms with van der Waals surface area (Å²) in [5.74, 6) is -0.444. The standard InChI is InChI=1S/C13H22O3/c1-5-8(2)12-9(3)6-7-11(16-12)10(4)13(14)15/h5,8-12H,1,6-7H2,2-4H3,(H,14,15)/t8-,9+,10+,11+,12-/m1/s1. The maximum absolute atomic E-state index is 10.9. The van der Waals surface area contributed by atoms with Crippen molar-refractivity contribution in [3.8, 4) is 0 Å². The number of aliphatic carboxylic acids is 1. The van der Waals surface area contributed by atoms with Crippen molar-refractivity contribution in [1.82, 2.24) is 0 Å². The van der Waals surface area contributed by atoms with E-state index in [2.05, 4.69) is 20.4 Å². The molecule has 0 radical (unpaired) electrons. The molecule has 3 heteroatoms. The van der Waals surface area contributed by atoms with Gasteiger partial charge in [0.25, 0.3) is 0 Å². The van der Waals surface area contributed by atoms with Crippen LogP contribution in [-0.4, -0.2) is 23.3 Å². The fourth-order valence-corrected chi connectivity index (χ4v) is 2.30. The first-order valence-corrected chi connectivity index (χ1v) is 5.98. The van der Waals surface area contributed by atoms with Gasteiger partial charge < -0.3 is 9.84 Å². The second kappa shape index (κ2) is 5.48. The van der Waals surface area contributed by atoms with Crippen molar-refractivity contribution in [3.63, 3.8) is 0 Å². The Bertz CT molecular complexity index is 262. The average Bonchev–Trinajstić information content (AvgIpc) is 2.27. The topological polar surface area (TPSA) is 46.5 Å². The SMILES string of the molecule is C=C[C@@H](C)[C@H]1O[C@H]([C@H](C)C(=O)O)CC[C@@H]1C. The van der Waals surface area contributed by atoms with Crippen LogP contribution in [0.5, 0.6) is 0 Å². The van der Waals surface area contributed by atoms with Crippen molar-refractivity contribution in [2.75, 3.05) is 0 Å². The molecule has 1 heterocycles. The van der Waals surface area contributed by atoms with Crippen molar-refractivity contribution in [2.24, 2.45) is 17.8 Å². The minimum Gasteiger partial charge on any atom is -0.481 e. The van der Waals surface area contributed by atoms with E-state index in [0.717, 1.165) is 12.8 Å². The maximum Gasteiger partial charge on any atom is 0.308 e. The highest BCUT2D eigenvalue weighted by Gasteiger charge is 2.35. The Morgan fingerprint density at radius 2 is 2.12 bits per heavy atom. The van der Waals surface area contributed by atoms with E-state index >= 15 is 0 Å². The van der Waals surface area contributed by atoms with Gasteiger partial charge in [-0.25, -0.2) is 0 Å². The minimum absolute atomic E-state index is 0.109. The summed E-state index contributed by atoms with van der Waals surface area (Å²) in [7, 11) is 0. The van der Waals surface area contributed by atoms with Crippen LogP contribution in [0.3, 0.4) is 0 Å². The Kier molecular flexibility index (Phi) is 4.54. The molecular weight excluding hydrogens is 204 g/mol. The molecule has 1 aliphatic rings. The molecule has 1 saturated heterocycles. The van der Waals surface area contributed by atoms with Crippen LogP contribution in [0.25, 0.3) is 0 Å². The molecule has 16 heavy (non-hydrogen) atoms. The lowest BCUT2D eigenvalue weighted by molar-refractivity contribution is -0.157. The predicted molar refractivity (Wildman–Crippen MR) is 63.2 cm³/mol. The molecule has 0 aromatic rings. The number of hydrogen-bond acceptors (Lipinski definition) is 2. The summed E-state index contributed by atoms with van der Waals surface area (Å²) in [6, 6.07) is 0. The highest BCUT2D eigenvalue weighted by molar-refractivity contribution is 5.70. The summed E-state index contributed by atoms with van der Waals surface area (Å²) in [5.41, 5.74) is 0. The molecule has 0 saturated carbocycles. The highest BCUT2D eigenvalue weighted by Crippen LogP contribution is 2.32. The molecule has 0 amide bonds. The lowest BCUT2D eigenvalue weighted by Crippen LogP contribution is -2.42. The second-order valence-corrected chi connectivity index (χ2v) is 4.92. The molecule has 0 unspecified atom stereocenters. The molecule has 3 nitrogen and oxygen atoms in total. The van der Waals surface area contributed by atoms with Gasteiger partial charge in [0, 0.05) is 5.92 Å². The van der Waals surface area contributed by atoms with Crippen LogP contribution >= 0.6 is 0 Å².